The van der Waals surface area contributed by atoms with Crippen molar-refractivity contribution in [1.29, 1.82) is 0 Å². The molecule has 0 spiro atoms. The van der Waals surface area contributed by atoms with Crippen LogP contribution in [0.15, 0.2) is 60.7 Å². The highest BCUT2D eigenvalue weighted by Crippen LogP contribution is 2.31. The number of hydrogen-bond acceptors (Lipinski definition) is 5. The molecule has 2 aromatic rings. The van der Waals surface area contributed by atoms with E-state index >= 15 is 0 Å². The van der Waals surface area contributed by atoms with Crippen LogP contribution in [0.3, 0.4) is 0 Å². The standard InChI is InChI=1S/C20H23NO4/c21-17-19(23-12-15-9-5-2-6-10-15)18(16-13-24-20(17)25-16)22-11-14-7-3-1-4-8-14/h1-10,16-20H,11-13,21H2/t16-,17+,18-,19-,20-/m1/s1. The van der Waals surface area contributed by atoms with Crippen molar-refractivity contribution >= 4 is 0 Å². The van der Waals surface area contributed by atoms with Gasteiger partial charge in [0.25, 0.3) is 0 Å². The maximum Gasteiger partial charge on any atom is 0.175 e. The zero-order chi connectivity index (χ0) is 17.1. The Bertz CT molecular complexity index is 622. The topological polar surface area (TPSA) is 62.9 Å². The Hall–Kier alpha value is -1.76. The van der Waals surface area contributed by atoms with Gasteiger partial charge < -0.3 is 24.7 Å². The van der Waals surface area contributed by atoms with Gasteiger partial charge in [0.15, 0.2) is 6.29 Å². The summed E-state index contributed by atoms with van der Waals surface area (Å²) in [5.74, 6) is 0. The first-order chi connectivity index (χ1) is 12.3. The Morgan fingerprint density at radius 1 is 0.840 bits per heavy atom. The number of fused-ring (bicyclic) bond motifs is 2. The minimum Gasteiger partial charge on any atom is -0.369 e. The first-order valence-corrected chi connectivity index (χ1v) is 8.65. The fourth-order valence-electron chi connectivity index (χ4n) is 3.34. The van der Waals surface area contributed by atoms with E-state index in [2.05, 4.69) is 0 Å². The number of nitrogens with two attached hydrogens (primary N) is 1. The van der Waals surface area contributed by atoms with E-state index < -0.39 is 6.29 Å². The van der Waals surface area contributed by atoms with Crippen molar-refractivity contribution in [3.05, 3.63) is 71.8 Å². The molecule has 5 nitrogen and oxygen atoms in total. The lowest BCUT2D eigenvalue weighted by atomic mass is 9.99. The molecule has 4 rings (SSSR count). The molecule has 132 valence electrons. The number of benzene rings is 2. The summed E-state index contributed by atoms with van der Waals surface area (Å²) in [6.45, 7) is 1.47. The molecule has 2 aromatic carbocycles. The maximum absolute atomic E-state index is 6.33. The molecule has 0 unspecified atom stereocenters. The number of hydrogen-bond donors (Lipinski definition) is 1. The summed E-state index contributed by atoms with van der Waals surface area (Å²) in [7, 11) is 0. The Morgan fingerprint density at radius 2 is 1.40 bits per heavy atom. The van der Waals surface area contributed by atoms with E-state index in [4.69, 9.17) is 24.7 Å². The summed E-state index contributed by atoms with van der Waals surface area (Å²) in [6.07, 6.45) is -1.08. The van der Waals surface area contributed by atoms with Gasteiger partial charge in [-0.2, -0.15) is 0 Å². The second-order valence-electron chi connectivity index (χ2n) is 6.48. The molecule has 5 heteroatoms. The highest BCUT2D eigenvalue weighted by molar-refractivity contribution is 5.14. The van der Waals surface area contributed by atoms with Crippen LogP contribution in [-0.4, -0.2) is 37.3 Å². The molecule has 2 bridgehead atoms. The van der Waals surface area contributed by atoms with Crippen LogP contribution < -0.4 is 5.73 Å². The maximum atomic E-state index is 6.33. The molecule has 2 fully saturated rings. The van der Waals surface area contributed by atoms with Crippen LogP contribution in [0.2, 0.25) is 0 Å². The van der Waals surface area contributed by atoms with Crippen LogP contribution in [0.1, 0.15) is 11.1 Å². The fourth-order valence-corrected chi connectivity index (χ4v) is 3.34. The Morgan fingerprint density at radius 3 is 2.00 bits per heavy atom. The monoisotopic (exact) mass is 341 g/mol. The number of rotatable bonds is 6. The lowest BCUT2D eigenvalue weighted by Crippen LogP contribution is -2.59. The van der Waals surface area contributed by atoms with Crippen molar-refractivity contribution in [2.45, 2.75) is 43.9 Å². The Labute approximate surface area is 147 Å². The third-order valence-electron chi connectivity index (χ3n) is 4.69. The molecule has 2 saturated heterocycles. The van der Waals surface area contributed by atoms with E-state index in [1.165, 1.54) is 0 Å². The molecule has 0 radical (unpaired) electrons. The van der Waals surface area contributed by atoms with Gasteiger partial charge in [-0.15, -0.1) is 0 Å². The van der Waals surface area contributed by atoms with Crippen LogP contribution in [0.4, 0.5) is 0 Å². The van der Waals surface area contributed by atoms with Gasteiger partial charge in [0.05, 0.1) is 25.9 Å². The van der Waals surface area contributed by atoms with Gasteiger partial charge in [0, 0.05) is 0 Å². The number of ether oxygens (including phenoxy) is 4. The molecule has 2 aliphatic rings. The molecule has 0 amide bonds. The Kier molecular flexibility index (Phi) is 5.10. The second kappa shape index (κ2) is 7.64. The largest absolute Gasteiger partial charge is 0.369 e. The molecule has 0 aliphatic carbocycles. The molecule has 5 atom stereocenters. The zero-order valence-corrected chi connectivity index (χ0v) is 14.0. The summed E-state index contributed by atoms with van der Waals surface area (Å²) in [6, 6.07) is 19.8. The summed E-state index contributed by atoms with van der Waals surface area (Å²) < 4.78 is 23.8. The van der Waals surface area contributed by atoms with Gasteiger partial charge in [-0.3, -0.25) is 0 Å². The molecule has 0 saturated carbocycles. The van der Waals surface area contributed by atoms with E-state index in [-0.39, 0.29) is 24.4 Å². The van der Waals surface area contributed by atoms with Crippen molar-refractivity contribution < 1.29 is 18.9 Å². The minimum absolute atomic E-state index is 0.144. The summed E-state index contributed by atoms with van der Waals surface area (Å²) in [5.41, 5.74) is 8.55. The quantitative estimate of drug-likeness (QED) is 0.873. The summed E-state index contributed by atoms with van der Waals surface area (Å²) >= 11 is 0. The van der Waals surface area contributed by atoms with Crippen LogP contribution in [0.25, 0.3) is 0 Å². The van der Waals surface area contributed by atoms with E-state index in [0.717, 1.165) is 11.1 Å². The van der Waals surface area contributed by atoms with Crippen molar-refractivity contribution in [2.75, 3.05) is 6.61 Å². The smallest absolute Gasteiger partial charge is 0.175 e. The van der Waals surface area contributed by atoms with Gasteiger partial charge in [0.1, 0.15) is 18.3 Å². The van der Waals surface area contributed by atoms with Gasteiger partial charge >= 0.3 is 0 Å². The van der Waals surface area contributed by atoms with Gasteiger partial charge in [-0.25, -0.2) is 0 Å². The lowest BCUT2D eigenvalue weighted by molar-refractivity contribution is -0.211. The average molecular weight is 341 g/mol. The third-order valence-corrected chi connectivity index (χ3v) is 4.69. The molecule has 2 N–H and O–H groups in total. The summed E-state index contributed by atoms with van der Waals surface area (Å²) in [5, 5.41) is 0. The lowest BCUT2D eigenvalue weighted by Gasteiger charge is -2.39. The predicted molar refractivity (Wildman–Crippen MR) is 92.6 cm³/mol. The Balaban J connectivity index is 1.45. The van der Waals surface area contributed by atoms with Crippen molar-refractivity contribution in [3.8, 4) is 0 Å². The average Bonchev–Trinajstić information content (AvgIpc) is 3.11. The van der Waals surface area contributed by atoms with Crippen LogP contribution >= 0.6 is 0 Å². The van der Waals surface area contributed by atoms with Gasteiger partial charge in [-0.05, 0) is 11.1 Å². The van der Waals surface area contributed by atoms with E-state index in [1.807, 2.05) is 60.7 Å². The van der Waals surface area contributed by atoms with Gasteiger partial charge in [0.2, 0.25) is 0 Å². The first kappa shape index (κ1) is 16.7. The fraction of sp³-hybridized carbons (Fsp3) is 0.400. The molecular formula is C20H23NO4. The molecule has 2 heterocycles. The normalized spacial score (nSPS) is 31.2. The van der Waals surface area contributed by atoms with Crippen molar-refractivity contribution in [2.24, 2.45) is 5.73 Å². The van der Waals surface area contributed by atoms with E-state index in [1.54, 1.807) is 0 Å². The van der Waals surface area contributed by atoms with Gasteiger partial charge in [-0.1, -0.05) is 60.7 Å². The second-order valence-corrected chi connectivity index (χ2v) is 6.48. The van der Waals surface area contributed by atoms with Crippen molar-refractivity contribution in [1.82, 2.24) is 0 Å². The predicted octanol–water partition coefficient (Wildman–Crippen LogP) is 2.24. The van der Waals surface area contributed by atoms with Crippen LogP contribution in [-0.2, 0) is 32.2 Å². The summed E-state index contributed by atoms with van der Waals surface area (Å²) in [4.78, 5) is 0. The highest BCUT2D eigenvalue weighted by atomic mass is 16.7. The van der Waals surface area contributed by atoms with Crippen LogP contribution in [0, 0.1) is 0 Å². The third kappa shape index (κ3) is 3.76. The van der Waals surface area contributed by atoms with Crippen LogP contribution in [0.5, 0.6) is 0 Å². The van der Waals surface area contributed by atoms with Crippen molar-refractivity contribution in [3.63, 3.8) is 0 Å². The first-order valence-electron chi connectivity index (χ1n) is 8.65. The highest BCUT2D eigenvalue weighted by Gasteiger charge is 2.50. The van der Waals surface area contributed by atoms with E-state index in [9.17, 15) is 0 Å². The molecule has 0 aromatic heterocycles. The minimum atomic E-state index is -0.414. The van der Waals surface area contributed by atoms with E-state index in [0.29, 0.717) is 19.8 Å². The zero-order valence-electron chi connectivity index (χ0n) is 14.0. The SMILES string of the molecule is N[C@@H]1[C@@H]2OC[C@@H](O2)[C@@H](OCc2ccccc2)[C@@H]1OCc1ccccc1. The molecular weight excluding hydrogens is 318 g/mol. The molecule has 25 heavy (non-hydrogen) atoms. The molecule has 2 aliphatic heterocycles.